The molecule has 2 aromatic rings. The molecule has 362 valence electrons. The number of sulfonamides is 1. The molecule has 11 atom stereocenters. The Labute approximate surface area is 394 Å². The third kappa shape index (κ3) is 7.42. The maximum Gasteiger partial charge on any atom is 0.408 e. The van der Waals surface area contributed by atoms with E-state index in [0.29, 0.717) is 56.0 Å². The van der Waals surface area contributed by atoms with Gasteiger partial charge in [-0.1, -0.05) is 57.2 Å². The Morgan fingerprint density at radius 3 is 2.43 bits per heavy atom. The number of amides is 4. The van der Waals surface area contributed by atoms with Crippen molar-refractivity contribution in [2.45, 2.75) is 189 Å². The summed E-state index contributed by atoms with van der Waals surface area (Å²) in [6.07, 6.45) is 14.6. The number of hydrogen-bond acceptors (Lipinski definition) is 11. The minimum atomic E-state index is -4.02. The first-order chi connectivity index (χ1) is 32.1. The van der Waals surface area contributed by atoms with Crippen molar-refractivity contribution < 1.29 is 41.8 Å². The van der Waals surface area contributed by atoms with E-state index in [1.807, 2.05) is 25.1 Å². The molecule has 15 nitrogen and oxygen atoms in total. The smallest absolute Gasteiger partial charge is 0.408 e. The molecule has 3 aliphatic heterocycles. The molecule has 4 amide bonds. The lowest BCUT2D eigenvalue weighted by Crippen LogP contribution is -2.86. The summed E-state index contributed by atoms with van der Waals surface area (Å²) in [5, 5.41) is 6.93. The Kier molecular flexibility index (Phi) is 11.0. The van der Waals surface area contributed by atoms with Crippen LogP contribution in [0.15, 0.2) is 36.9 Å². The minimum absolute atomic E-state index is 0.00686. The van der Waals surface area contributed by atoms with Gasteiger partial charge in [0, 0.05) is 41.6 Å². The summed E-state index contributed by atoms with van der Waals surface area (Å²) in [5.74, 6) is -0.721. The second kappa shape index (κ2) is 16.3. The van der Waals surface area contributed by atoms with Crippen LogP contribution in [-0.4, -0.2) is 113 Å². The summed E-state index contributed by atoms with van der Waals surface area (Å²) in [7, 11) is -1.79. The monoisotopic (exact) mass is 940 g/mol. The number of nitrogens with one attached hydrogen (secondary N) is 3. The van der Waals surface area contributed by atoms with Crippen molar-refractivity contribution in [3.63, 3.8) is 0 Å². The van der Waals surface area contributed by atoms with Gasteiger partial charge in [-0.3, -0.25) is 24.0 Å². The number of carbonyl (C=O) groups is 4. The number of para-hydroxylation sites is 1. The second-order valence-corrected chi connectivity index (χ2v) is 24.7. The fourth-order valence-corrected chi connectivity index (χ4v) is 15.0. The van der Waals surface area contributed by atoms with Crippen LogP contribution in [0, 0.1) is 22.7 Å². The number of aromatic nitrogens is 1. The molecule has 11 rings (SSSR count). The van der Waals surface area contributed by atoms with E-state index in [1.54, 1.807) is 13.0 Å². The van der Waals surface area contributed by atoms with Crippen molar-refractivity contribution in [2.24, 2.45) is 22.7 Å². The van der Waals surface area contributed by atoms with Gasteiger partial charge in [0.25, 0.3) is 5.91 Å². The van der Waals surface area contributed by atoms with Gasteiger partial charge in [-0.15, -0.1) is 6.58 Å². The highest BCUT2D eigenvalue weighted by molar-refractivity contribution is 7.91. The van der Waals surface area contributed by atoms with Crippen LogP contribution in [0.25, 0.3) is 10.9 Å². The predicted octanol–water partition coefficient (Wildman–Crippen LogP) is 6.22. The van der Waals surface area contributed by atoms with Crippen LogP contribution in [0.4, 0.5) is 4.79 Å². The molecule has 6 aliphatic carbocycles. The Hall–Kier alpha value is -4.44. The molecule has 1 aromatic heterocycles. The molecule has 4 heterocycles. The Bertz CT molecular complexity index is 2480. The highest BCUT2D eigenvalue weighted by Crippen LogP contribution is 2.68. The molecule has 1 aromatic carbocycles. The van der Waals surface area contributed by atoms with Gasteiger partial charge in [-0.05, 0) is 114 Å². The number of ether oxygens (including phenoxy) is 3. The van der Waals surface area contributed by atoms with E-state index < -0.39 is 73.6 Å². The lowest BCUT2D eigenvalue weighted by molar-refractivity contribution is -0.304. The van der Waals surface area contributed by atoms with Crippen LogP contribution in [0.2, 0.25) is 0 Å². The van der Waals surface area contributed by atoms with Crippen molar-refractivity contribution in [3.05, 3.63) is 42.5 Å². The van der Waals surface area contributed by atoms with Crippen molar-refractivity contribution in [1.82, 2.24) is 30.1 Å². The van der Waals surface area contributed by atoms with Gasteiger partial charge in [0.15, 0.2) is 0 Å². The number of hydrogen-bond donors (Lipinski definition) is 3. The standard InChI is InChI=1S/C51H68N6O9S/c1-5-31-28-51(31,46(60)55-67(62,63)49(3)23-24-49)54-43(58)37-26-33-29-57(37)45(59)42(48(2)20-11-6-12-21-48)53-47(61)65-32-18-17-30(25-32)13-7-8-15-35-41(34-14-9-10-16-36(34)52-44(35)64-33)66-40-27-39-50(40)22-19-38(50)56(39)4/h5,9-10,14,16,30-33,37-40,42H,1,6-8,11-13,15,17-29H2,2-4H3,(H,53,61)(H,54,58)(H,55,60)/t30?,31-,32-,33-,37+,38?,39?,40?,42-,50?,51-/m1/s1. The number of piperidine rings is 2. The summed E-state index contributed by atoms with van der Waals surface area (Å²) in [6.45, 7) is 7.53. The number of carbonyl (C=O) groups excluding carboxylic acids is 4. The molecule has 2 saturated heterocycles. The molecule has 1 spiro atoms. The van der Waals surface area contributed by atoms with Gasteiger partial charge in [0.2, 0.25) is 27.7 Å². The van der Waals surface area contributed by atoms with E-state index in [-0.39, 0.29) is 37.0 Å². The molecular formula is C51H68N6O9S. The van der Waals surface area contributed by atoms with E-state index >= 15 is 4.79 Å². The van der Waals surface area contributed by atoms with Gasteiger partial charge >= 0.3 is 6.09 Å². The molecule has 16 heteroatoms. The zero-order chi connectivity index (χ0) is 46.7. The highest BCUT2D eigenvalue weighted by atomic mass is 32.2. The maximum atomic E-state index is 15.5. The minimum Gasteiger partial charge on any atom is -0.488 e. The zero-order valence-electron chi connectivity index (χ0n) is 39.4. The highest BCUT2D eigenvalue weighted by Gasteiger charge is 2.75. The van der Waals surface area contributed by atoms with Gasteiger partial charge < -0.3 is 29.7 Å². The lowest BCUT2D eigenvalue weighted by atomic mass is 9.41. The van der Waals surface area contributed by atoms with Crippen molar-refractivity contribution in [2.75, 3.05) is 13.6 Å². The Balaban J connectivity index is 0.957. The van der Waals surface area contributed by atoms with E-state index in [4.69, 9.17) is 19.2 Å². The second-order valence-electron chi connectivity index (χ2n) is 22.5. The topological polar surface area (TPSA) is 186 Å². The largest absolute Gasteiger partial charge is 0.488 e. The molecule has 6 saturated carbocycles. The molecule has 67 heavy (non-hydrogen) atoms. The van der Waals surface area contributed by atoms with Gasteiger partial charge in [0.05, 0.1) is 22.4 Å². The van der Waals surface area contributed by atoms with Gasteiger partial charge in [-0.25, -0.2) is 18.2 Å². The number of benzene rings is 1. The molecule has 5 unspecified atom stereocenters. The average molecular weight is 941 g/mol. The fourth-order valence-electron chi connectivity index (χ4n) is 13.7. The number of likely N-dealkylation sites (tertiary alicyclic amines) is 1. The first-order valence-corrected chi connectivity index (χ1v) is 26.8. The van der Waals surface area contributed by atoms with Crippen molar-refractivity contribution >= 4 is 44.7 Å². The van der Waals surface area contributed by atoms with Crippen molar-refractivity contribution in [3.8, 4) is 11.6 Å². The number of fused-ring (bicyclic) bond motifs is 6. The van der Waals surface area contributed by atoms with Gasteiger partial charge in [0.1, 0.15) is 41.7 Å². The molecule has 8 fully saturated rings. The van der Waals surface area contributed by atoms with Crippen LogP contribution in [-0.2, 0) is 35.6 Å². The third-order valence-corrected chi connectivity index (χ3v) is 20.7. The number of nitrogens with zero attached hydrogens (tertiary/aromatic N) is 3. The molecule has 9 aliphatic rings. The van der Waals surface area contributed by atoms with Crippen LogP contribution >= 0.6 is 0 Å². The number of rotatable bonds is 9. The number of alkyl carbamates (subject to hydrolysis) is 1. The lowest BCUT2D eigenvalue weighted by Gasteiger charge is -2.78. The first-order valence-electron chi connectivity index (χ1n) is 25.3. The van der Waals surface area contributed by atoms with Gasteiger partial charge in [-0.2, -0.15) is 0 Å². The quantitative estimate of drug-likeness (QED) is 0.243. The summed E-state index contributed by atoms with van der Waals surface area (Å²) in [5.41, 5.74) is -0.381. The van der Waals surface area contributed by atoms with E-state index in [0.717, 1.165) is 92.8 Å². The van der Waals surface area contributed by atoms with E-state index in [2.05, 4.69) is 39.9 Å². The maximum absolute atomic E-state index is 15.5. The molecule has 3 N–H and O–H groups in total. The average Bonchev–Trinajstić information content (AvgIpc) is 4.09. The van der Waals surface area contributed by atoms with Crippen LogP contribution < -0.4 is 24.8 Å². The summed E-state index contributed by atoms with van der Waals surface area (Å²) < 4.78 is 48.2. The molecule has 0 radical (unpaired) electrons. The number of pyridine rings is 1. The van der Waals surface area contributed by atoms with Crippen LogP contribution in [0.5, 0.6) is 11.6 Å². The van der Waals surface area contributed by atoms with E-state index in [9.17, 15) is 22.8 Å². The van der Waals surface area contributed by atoms with E-state index in [1.165, 1.54) is 11.3 Å². The molecule has 4 bridgehead atoms. The third-order valence-electron chi connectivity index (χ3n) is 18.5. The predicted molar refractivity (Wildman–Crippen MR) is 249 cm³/mol. The van der Waals surface area contributed by atoms with Crippen LogP contribution in [0.3, 0.4) is 0 Å². The summed E-state index contributed by atoms with van der Waals surface area (Å²) >= 11 is 0. The Morgan fingerprint density at radius 2 is 1.72 bits per heavy atom. The normalized spacial score (nSPS) is 37.4. The summed E-state index contributed by atoms with van der Waals surface area (Å²) in [6, 6.07) is 6.97. The zero-order valence-corrected chi connectivity index (χ0v) is 40.2. The summed E-state index contributed by atoms with van der Waals surface area (Å²) in [4.78, 5) is 67.5. The van der Waals surface area contributed by atoms with Crippen molar-refractivity contribution in [1.29, 1.82) is 0 Å². The molecular weight excluding hydrogens is 873 g/mol. The van der Waals surface area contributed by atoms with Crippen LogP contribution in [0.1, 0.15) is 135 Å². The fraction of sp³-hybridized carbons (Fsp3) is 0.706. The SMILES string of the molecule is C=C[C@@H]1C[C@]1(NC(=O)[C@@H]1C[C@@H]2CN1C(=O)[C@H](C1(C)CCCCC1)NC(=O)O[C@@H]1CCC(CCCCc3c(nc4ccccc4c3OC3CC4N(C)C5CCC354)O2)C1)C(=O)NS(=O)(=O)C1(C)CC1. The first kappa shape index (κ1) is 45.0. The Morgan fingerprint density at radius 1 is 0.925 bits per heavy atom.